The lowest BCUT2D eigenvalue weighted by Gasteiger charge is -2.40. The number of fused-ring (bicyclic) bond motifs is 2. The van der Waals surface area contributed by atoms with Crippen molar-refractivity contribution >= 4 is 17.7 Å². The summed E-state index contributed by atoms with van der Waals surface area (Å²) in [5.41, 5.74) is 2.08. The van der Waals surface area contributed by atoms with Gasteiger partial charge in [0.15, 0.2) is 5.69 Å². The lowest BCUT2D eigenvalue weighted by molar-refractivity contribution is -0.135. The van der Waals surface area contributed by atoms with Gasteiger partial charge in [-0.15, -0.1) is 0 Å². The Kier molecular flexibility index (Phi) is 6.23. The first-order chi connectivity index (χ1) is 16.1. The molecule has 2 fully saturated rings. The van der Waals surface area contributed by atoms with Gasteiger partial charge in [0.05, 0.1) is 18.6 Å². The smallest absolute Gasteiger partial charge is 0.274 e. The number of hydrogen-bond donors (Lipinski definition) is 3. The summed E-state index contributed by atoms with van der Waals surface area (Å²) in [6, 6.07) is 0.0823. The number of nitrogens with one attached hydrogen (secondary N) is 3. The standard InChI is InChI=1S/C24H33N5O4/c30-20-14-25-23(32)24(8-2-1-4-16-15-33-13-7-18(16)26-20)9-11-29(12-10-24)22(31)21-17-5-3-6-19(17)27-28-21/h1-2,16,18H,3-15H2,(H,25,32)(H,26,30)(H,27,28)/b2-1+/t16-,18-/m0/s1. The van der Waals surface area contributed by atoms with Crippen LogP contribution in [0.3, 0.4) is 0 Å². The molecule has 0 bridgehead atoms. The average Bonchev–Trinajstić information content (AvgIpc) is 3.45. The van der Waals surface area contributed by atoms with Crippen LogP contribution in [0.5, 0.6) is 0 Å². The number of carbonyl (C=O) groups excluding carboxylic acids is 3. The average molecular weight is 456 g/mol. The van der Waals surface area contributed by atoms with Gasteiger partial charge in [0.25, 0.3) is 5.91 Å². The third-order valence-electron chi connectivity index (χ3n) is 7.84. The lowest BCUT2D eigenvalue weighted by Crippen LogP contribution is -2.53. The van der Waals surface area contributed by atoms with Crippen LogP contribution in [0.2, 0.25) is 0 Å². The Morgan fingerprint density at radius 2 is 2.03 bits per heavy atom. The maximum atomic E-state index is 13.2. The highest BCUT2D eigenvalue weighted by molar-refractivity contribution is 5.94. The highest BCUT2D eigenvalue weighted by Crippen LogP contribution is 2.37. The summed E-state index contributed by atoms with van der Waals surface area (Å²) in [6.07, 6.45) is 10.5. The van der Waals surface area contributed by atoms with E-state index in [0.29, 0.717) is 51.3 Å². The van der Waals surface area contributed by atoms with E-state index >= 15 is 0 Å². The number of nitrogens with zero attached hydrogens (tertiary/aromatic N) is 2. The van der Waals surface area contributed by atoms with Crippen LogP contribution >= 0.6 is 0 Å². The molecule has 2 atom stereocenters. The largest absolute Gasteiger partial charge is 0.381 e. The molecule has 9 nitrogen and oxygen atoms in total. The predicted octanol–water partition coefficient (Wildman–Crippen LogP) is 1.11. The molecular weight excluding hydrogens is 422 g/mol. The van der Waals surface area contributed by atoms with Crippen LogP contribution in [-0.4, -0.2) is 71.7 Å². The highest BCUT2D eigenvalue weighted by Gasteiger charge is 2.42. The van der Waals surface area contributed by atoms with E-state index in [2.05, 4.69) is 33.0 Å². The second-order valence-electron chi connectivity index (χ2n) is 9.85. The second kappa shape index (κ2) is 9.29. The number of rotatable bonds is 1. The number of H-pyrrole nitrogens is 1. The number of aryl methyl sites for hydroxylation is 1. The van der Waals surface area contributed by atoms with Gasteiger partial charge in [0.2, 0.25) is 11.8 Å². The van der Waals surface area contributed by atoms with Crippen molar-refractivity contribution in [2.75, 3.05) is 32.8 Å². The number of likely N-dealkylation sites (tertiary alicyclic amines) is 1. The fourth-order valence-electron chi connectivity index (χ4n) is 5.71. The fraction of sp³-hybridized carbons (Fsp3) is 0.667. The first-order valence-corrected chi connectivity index (χ1v) is 12.2. The third-order valence-corrected chi connectivity index (χ3v) is 7.84. The van der Waals surface area contributed by atoms with Gasteiger partial charge in [-0.2, -0.15) is 5.10 Å². The summed E-state index contributed by atoms with van der Waals surface area (Å²) in [6.45, 7) is 2.28. The molecule has 2 saturated heterocycles. The molecule has 9 heteroatoms. The third kappa shape index (κ3) is 4.43. The fourth-order valence-corrected chi connectivity index (χ4v) is 5.71. The molecule has 4 aliphatic rings. The predicted molar refractivity (Wildman–Crippen MR) is 120 cm³/mol. The van der Waals surface area contributed by atoms with Gasteiger partial charge >= 0.3 is 0 Å². The summed E-state index contributed by atoms with van der Waals surface area (Å²) in [5.74, 6) is -0.0461. The molecule has 3 aliphatic heterocycles. The quantitative estimate of drug-likeness (QED) is 0.549. The summed E-state index contributed by atoms with van der Waals surface area (Å²) in [7, 11) is 0. The molecule has 1 aliphatic carbocycles. The zero-order valence-corrected chi connectivity index (χ0v) is 19.0. The zero-order chi connectivity index (χ0) is 22.8. The van der Waals surface area contributed by atoms with Crippen molar-refractivity contribution in [3.63, 3.8) is 0 Å². The number of aromatic nitrogens is 2. The molecule has 1 aromatic heterocycles. The van der Waals surface area contributed by atoms with Crippen molar-refractivity contribution in [3.8, 4) is 0 Å². The van der Waals surface area contributed by atoms with E-state index in [1.54, 1.807) is 0 Å². The number of carbonyl (C=O) groups is 3. The molecule has 3 N–H and O–H groups in total. The summed E-state index contributed by atoms with van der Waals surface area (Å²) in [4.78, 5) is 40.7. The van der Waals surface area contributed by atoms with E-state index < -0.39 is 5.41 Å². The number of allylic oxidation sites excluding steroid dienone is 2. The molecule has 3 amide bonds. The summed E-state index contributed by atoms with van der Waals surface area (Å²) in [5, 5.41) is 13.2. The van der Waals surface area contributed by atoms with E-state index in [4.69, 9.17) is 4.74 Å². The second-order valence-corrected chi connectivity index (χ2v) is 9.85. The van der Waals surface area contributed by atoms with E-state index in [1.165, 1.54) is 0 Å². The van der Waals surface area contributed by atoms with Crippen molar-refractivity contribution in [2.24, 2.45) is 11.3 Å². The minimum Gasteiger partial charge on any atom is -0.381 e. The molecule has 33 heavy (non-hydrogen) atoms. The Labute approximate surface area is 193 Å². The van der Waals surface area contributed by atoms with E-state index in [-0.39, 0.29) is 36.2 Å². The zero-order valence-electron chi connectivity index (χ0n) is 19.0. The van der Waals surface area contributed by atoms with E-state index in [1.807, 2.05) is 4.90 Å². The van der Waals surface area contributed by atoms with Gasteiger partial charge < -0.3 is 20.3 Å². The number of piperidine rings is 1. The van der Waals surface area contributed by atoms with Crippen molar-refractivity contribution in [1.29, 1.82) is 0 Å². The Morgan fingerprint density at radius 1 is 1.18 bits per heavy atom. The number of ether oxygens (including phenoxy) is 1. The van der Waals surface area contributed by atoms with Crippen LogP contribution in [0.4, 0.5) is 0 Å². The SMILES string of the molecule is O=C1CNC(=O)C2(C/C=C/C[C@H]3COCC[C@@H]3N1)CCN(C(=O)c1n[nH]c3c1CCC3)CC2. The maximum absolute atomic E-state index is 13.2. The molecule has 0 unspecified atom stereocenters. The van der Waals surface area contributed by atoms with Crippen LogP contribution in [0.25, 0.3) is 0 Å². The Bertz CT molecular complexity index is 947. The topological polar surface area (TPSA) is 116 Å². The van der Waals surface area contributed by atoms with Gasteiger partial charge in [-0.25, -0.2) is 0 Å². The molecule has 1 aromatic rings. The van der Waals surface area contributed by atoms with E-state index in [9.17, 15) is 14.4 Å². The molecule has 5 rings (SSSR count). The van der Waals surface area contributed by atoms with Crippen LogP contribution < -0.4 is 10.6 Å². The molecule has 178 valence electrons. The van der Waals surface area contributed by atoms with Crippen LogP contribution in [0.15, 0.2) is 12.2 Å². The van der Waals surface area contributed by atoms with Crippen LogP contribution in [-0.2, 0) is 27.2 Å². The highest BCUT2D eigenvalue weighted by atomic mass is 16.5. The number of aromatic amines is 1. The summed E-state index contributed by atoms with van der Waals surface area (Å²) >= 11 is 0. The van der Waals surface area contributed by atoms with Gasteiger partial charge in [-0.1, -0.05) is 12.2 Å². The summed E-state index contributed by atoms with van der Waals surface area (Å²) < 4.78 is 5.62. The first-order valence-electron chi connectivity index (χ1n) is 12.2. The van der Waals surface area contributed by atoms with Crippen LogP contribution in [0.1, 0.15) is 60.3 Å². The van der Waals surface area contributed by atoms with Gasteiger partial charge in [0.1, 0.15) is 0 Å². The Morgan fingerprint density at radius 3 is 2.88 bits per heavy atom. The van der Waals surface area contributed by atoms with Crippen molar-refractivity contribution in [3.05, 3.63) is 29.1 Å². The minimum atomic E-state index is -0.608. The van der Waals surface area contributed by atoms with Gasteiger partial charge in [-0.3, -0.25) is 19.5 Å². The van der Waals surface area contributed by atoms with Crippen LogP contribution in [0, 0.1) is 11.3 Å². The monoisotopic (exact) mass is 455 g/mol. The first kappa shape index (κ1) is 22.1. The normalized spacial score (nSPS) is 28.7. The maximum Gasteiger partial charge on any atom is 0.274 e. The number of hydrogen-bond acceptors (Lipinski definition) is 5. The minimum absolute atomic E-state index is 0.0174. The van der Waals surface area contributed by atoms with Crippen molar-refractivity contribution in [1.82, 2.24) is 25.7 Å². The van der Waals surface area contributed by atoms with Gasteiger partial charge in [0, 0.05) is 42.9 Å². The van der Waals surface area contributed by atoms with Crippen molar-refractivity contribution in [2.45, 2.75) is 57.4 Å². The van der Waals surface area contributed by atoms with E-state index in [0.717, 1.165) is 43.4 Å². The Hall–Kier alpha value is -2.68. The molecule has 0 aromatic carbocycles. The number of amides is 3. The molecule has 0 saturated carbocycles. The molecule has 4 heterocycles. The van der Waals surface area contributed by atoms with Crippen molar-refractivity contribution < 1.29 is 19.1 Å². The Balaban J connectivity index is 1.27. The molecule has 0 radical (unpaired) electrons. The molecule has 1 spiro atoms. The van der Waals surface area contributed by atoms with Gasteiger partial charge in [-0.05, 0) is 51.4 Å². The lowest BCUT2D eigenvalue weighted by atomic mass is 9.74. The molecular formula is C24H33N5O4.